The van der Waals surface area contributed by atoms with E-state index in [4.69, 9.17) is 4.74 Å². The van der Waals surface area contributed by atoms with E-state index in [-0.39, 0.29) is 50.2 Å². The van der Waals surface area contributed by atoms with Gasteiger partial charge in [-0.3, -0.25) is 5.32 Å². The zero-order valence-electron chi connectivity index (χ0n) is 23.7. The first-order valence-corrected chi connectivity index (χ1v) is 13.7. The molecule has 0 bridgehead atoms. The highest BCUT2D eigenvalue weighted by Crippen LogP contribution is 2.44. The number of ether oxygens (including phenoxy) is 3. The van der Waals surface area contributed by atoms with Gasteiger partial charge in [-0.25, -0.2) is 4.79 Å². The summed E-state index contributed by atoms with van der Waals surface area (Å²) in [5.74, 6) is -1.65. The first-order chi connectivity index (χ1) is 21.1. The van der Waals surface area contributed by atoms with Crippen LogP contribution in [-0.2, 0) is 16.9 Å². The smallest absolute Gasteiger partial charge is 0.573 e. The van der Waals surface area contributed by atoms with Crippen molar-refractivity contribution in [3.05, 3.63) is 107 Å². The number of rotatable bonds is 10. The molecule has 4 rings (SSSR count). The van der Waals surface area contributed by atoms with Crippen LogP contribution in [0, 0.1) is 11.1 Å². The number of quaternary nitrogens is 1. The Balaban J connectivity index is 1.52. The molecule has 0 radical (unpaired) electrons. The van der Waals surface area contributed by atoms with E-state index in [0.29, 0.717) is 11.3 Å². The van der Waals surface area contributed by atoms with Crippen molar-refractivity contribution in [1.29, 1.82) is 0 Å². The Morgan fingerprint density at radius 2 is 1.33 bits per heavy atom. The number of hydroxylamine groups is 3. The minimum absolute atomic E-state index is 0.0474. The van der Waals surface area contributed by atoms with Gasteiger partial charge in [-0.1, -0.05) is 49.1 Å². The van der Waals surface area contributed by atoms with E-state index in [2.05, 4.69) is 21.4 Å². The Morgan fingerprint density at radius 1 is 0.867 bits per heavy atom. The van der Waals surface area contributed by atoms with Crippen molar-refractivity contribution in [2.75, 3.05) is 25.0 Å². The fraction of sp³-hybridized carbons (Fsp3) is 0.323. The minimum atomic E-state index is -4.93. The molecule has 1 aliphatic rings. The number of likely N-dealkylation sites (tertiary alicyclic amines) is 1. The molecule has 0 aliphatic carbocycles. The molecule has 2 N–H and O–H groups in total. The number of nitrogens with zero attached hydrogens (tertiary/aromatic N) is 1. The summed E-state index contributed by atoms with van der Waals surface area (Å²) in [5, 5.41) is 28.4. The van der Waals surface area contributed by atoms with Crippen LogP contribution in [-0.4, -0.2) is 48.3 Å². The third-order valence-electron chi connectivity index (χ3n) is 7.42. The summed E-state index contributed by atoms with van der Waals surface area (Å²) in [6, 6.07) is 15.8. The molecule has 1 fully saturated rings. The largest absolute Gasteiger partial charge is 0.633 e. The Hall–Kier alpha value is -4.27. The second-order valence-corrected chi connectivity index (χ2v) is 10.6. The number of aliphatic hydroxyl groups is 1. The van der Waals surface area contributed by atoms with E-state index in [1.54, 1.807) is 24.3 Å². The number of piperidine rings is 1. The normalized spacial score (nSPS) is 19.0. The van der Waals surface area contributed by atoms with Crippen LogP contribution in [0.1, 0.15) is 29.5 Å². The number of benzene rings is 3. The molecule has 0 spiro atoms. The number of amides is 1. The fourth-order valence-electron chi connectivity index (χ4n) is 5.39. The molecule has 242 valence electrons. The van der Waals surface area contributed by atoms with Crippen LogP contribution in [0.2, 0.25) is 0 Å². The highest BCUT2D eigenvalue weighted by Gasteiger charge is 2.44. The van der Waals surface area contributed by atoms with Crippen molar-refractivity contribution >= 4 is 11.8 Å². The van der Waals surface area contributed by atoms with Crippen molar-refractivity contribution in [1.82, 2.24) is 0 Å². The number of carbonyl (C=O) groups excluding carboxylic acids is 1. The summed E-state index contributed by atoms with van der Waals surface area (Å²) in [7, 11) is 0. The average molecular weight is 641 g/mol. The van der Waals surface area contributed by atoms with Crippen molar-refractivity contribution in [2.45, 2.75) is 37.7 Å². The van der Waals surface area contributed by atoms with Crippen molar-refractivity contribution in [3.63, 3.8) is 0 Å². The lowest BCUT2D eigenvalue weighted by atomic mass is 9.72. The number of halogens is 6. The van der Waals surface area contributed by atoms with Gasteiger partial charge in [-0.05, 0) is 47.5 Å². The van der Waals surface area contributed by atoms with Crippen LogP contribution < -0.4 is 14.8 Å². The van der Waals surface area contributed by atoms with E-state index in [0.717, 1.165) is 24.3 Å². The molecule has 14 heteroatoms. The molecule has 0 aromatic heterocycles. The van der Waals surface area contributed by atoms with E-state index in [9.17, 15) is 41.5 Å². The molecule has 1 saturated heterocycles. The maximum atomic E-state index is 13.7. The van der Waals surface area contributed by atoms with Gasteiger partial charge >= 0.3 is 18.8 Å². The topological polar surface area (TPSA) is 100 Å². The van der Waals surface area contributed by atoms with Crippen LogP contribution in [0.5, 0.6) is 11.5 Å². The van der Waals surface area contributed by atoms with Crippen molar-refractivity contribution in [3.8, 4) is 11.5 Å². The first kappa shape index (κ1) is 33.6. The van der Waals surface area contributed by atoms with E-state index in [1.165, 1.54) is 30.3 Å². The van der Waals surface area contributed by atoms with E-state index >= 15 is 0 Å². The summed E-state index contributed by atoms with van der Waals surface area (Å²) in [5.41, 5.74) is -0.359. The highest BCUT2D eigenvalue weighted by atomic mass is 19.4. The van der Waals surface area contributed by atoms with E-state index < -0.39 is 46.5 Å². The molecule has 0 atom stereocenters. The molecule has 1 aliphatic heterocycles. The van der Waals surface area contributed by atoms with Crippen LogP contribution in [0.25, 0.3) is 0 Å². The summed E-state index contributed by atoms with van der Waals surface area (Å²) >= 11 is 0. The molecule has 3 aromatic carbocycles. The third-order valence-corrected chi connectivity index (χ3v) is 7.42. The second kappa shape index (κ2) is 13.4. The number of alkyl halides is 6. The Morgan fingerprint density at radius 3 is 1.76 bits per heavy atom. The Bertz CT molecular complexity index is 1380. The van der Waals surface area contributed by atoms with Gasteiger partial charge in [-0.15, -0.1) is 26.3 Å². The zero-order valence-corrected chi connectivity index (χ0v) is 23.7. The summed E-state index contributed by atoms with van der Waals surface area (Å²) in [6.45, 7) is 3.76. The first-order valence-electron chi connectivity index (χ1n) is 13.7. The Kier molecular flexibility index (Phi) is 10.00. The Labute approximate surface area is 254 Å². The number of anilines is 1. The second-order valence-electron chi connectivity index (χ2n) is 10.6. The van der Waals surface area contributed by atoms with Gasteiger partial charge in [0.15, 0.2) is 0 Å². The van der Waals surface area contributed by atoms with Gasteiger partial charge in [0.05, 0.1) is 13.1 Å². The monoisotopic (exact) mass is 640 g/mol. The SMILES string of the molecule is C=CCOC(=O)Nc1ccc(C[N+]2([O-])CCC(C(O)(c3ccc(OC(F)(F)F)cc3)c3ccc(OC(F)(F)F)cc3)CC2)cc1. The van der Waals surface area contributed by atoms with Gasteiger partial charge < -0.3 is 29.2 Å². The maximum Gasteiger partial charge on any atom is 0.573 e. The minimum Gasteiger partial charge on any atom is -0.633 e. The lowest BCUT2D eigenvalue weighted by molar-refractivity contribution is -0.900. The van der Waals surface area contributed by atoms with E-state index in [1.807, 2.05) is 0 Å². The summed E-state index contributed by atoms with van der Waals surface area (Å²) < 4.78 is 88.3. The van der Waals surface area contributed by atoms with Crippen molar-refractivity contribution < 1.29 is 55.1 Å². The number of carbonyl (C=O) groups is 1. The number of nitrogens with one attached hydrogen (secondary N) is 1. The fourth-order valence-corrected chi connectivity index (χ4v) is 5.39. The molecule has 8 nitrogen and oxygen atoms in total. The molecule has 0 saturated carbocycles. The number of hydrogen-bond acceptors (Lipinski definition) is 6. The third kappa shape index (κ3) is 9.12. The molecular weight excluding hydrogens is 610 g/mol. The molecule has 1 amide bonds. The molecule has 0 unspecified atom stereocenters. The van der Waals surface area contributed by atoms with Gasteiger partial charge in [-0.2, -0.15) is 0 Å². The van der Waals surface area contributed by atoms with Crippen LogP contribution in [0.15, 0.2) is 85.5 Å². The molecule has 3 aromatic rings. The average Bonchev–Trinajstić information content (AvgIpc) is 2.96. The van der Waals surface area contributed by atoms with Crippen LogP contribution in [0.3, 0.4) is 0 Å². The van der Waals surface area contributed by atoms with Crippen LogP contribution in [0.4, 0.5) is 36.8 Å². The lowest BCUT2D eigenvalue weighted by Gasteiger charge is -2.50. The van der Waals surface area contributed by atoms with Gasteiger partial charge in [0.1, 0.15) is 30.3 Å². The van der Waals surface area contributed by atoms with Gasteiger partial charge in [0.25, 0.3) is 0 Å². The lowest BCUT2D eigenvalue weighted by Crippen LogP contribution is -2.51. The molecule has 1 heterocycles. The predicted octanol–water partition coefficient (Wildman–Crippen LogP) is 7.38. The van der Waals surface area contributed by atoms with Gasteiger partial charge in [0, 0.05) is 30.0 Å². The zero-order chi connectivity index (χ0) is 32.9. The molecular formula is C31H30F6N2O6. The van der Waals surface area contributed by atoms with Gasteiger partial charge in [0.2, 0.25) is 0 Å². The van der Waals surface area contributed by atoms with Crippen molar-refractivity contribution in [2.24, 2.45) is 5.92 Å². The highest BCUT2D eigenvalue weighted by molar-refractivity contribution is 5.84. The standard InChI is InChI=1S/C31H30F6N2O6/c1-2-19-43-28(40)38-25-9-3-21(4-10-25)20-39(42)17-15-24(16-18-39)29(41,22-5-11-26(12-6-22)44-30(32,33)34)23-7-13-27(14-8-23)45-31(35,36)37/h2-14,24,41H,1,15-20H2,(H,38,40). The summed E-state index contributed by atoms with van der Waals surface area (Å²) in [6.07, 6.45) is -8.71. The van der Waals surface area contributed by atoms with Crippen LogP contribution >= 0.6 is 0 Å². The summed E-state index contributed by atoms with van der Waals surface area (Å²) in [4.78, 5) is 11.7. The molecule has 45 heavy (non-hydrogen) atoms. The number of hydrogen-bond donors (Lipinski definition) is 2. The maximum absolute atomic E-state index is 13.7. The quantitative estimate of drug-likeness (QED) is 0.104. The predicted molar refractivity (Wildman–Crippen MR) is 151 cm³/mol.